The molecule has 0 aliphatic heterocycles. The summed E-state index contributed by atoms with van der Waals surface area (Å²) in [7, 11) is 3.18. The van der Waals surface area contributed by atoms with Gasteiger partial charge in [-0.05, 0) is 24.1 Å². The van der Waals surface area contributed by atoms with Gasteiger partial charge in [0.2, 0.25) is 16.9 Å². The second kappa shape index (κ2) is 10.9. The quantitative estimate of drug-likeness (QED) is 0.446. The molecule has 0 bridgehead atoms. The summed E-state index contributed by atoms with van der Waals surface area (Å²) in [6.07, 6.45) is 0.681. The van der Waals surface area contributed by atoms with E-state index in [2.05, 4.69) is 20.8 Å². The molecular weight excluding hydrogens is 400 g/mol. The highest BCUT2D eigenvalue weighted by Gasteiger charge is 2.12. The Morgan fingerprint density at radius 1 is 1.18 bits per heavy atom. The third kappa shape index (κ3) is 6.68. The summed E-state index contributed by atoms with van der Waals surface area (Å²) in [6.45, 7) is 4.12. The molecule has 0 fully saturated rings. The lowest BCUT2D eigenvalue weighted by molar-refractivity contribution is -0.119. The number of nitrogens with zero attached hydrogens (tertiary/aromatic N) is 2. The van der Waals surface area contributed by atoms with Crippen LogP contribution in [0.4, 0.5) is 5.13 Å². The van der Waals surface area contributed by atoms with Crippen LogP contribution >= 0.6 is 23.1 Å². The predicted molar refractivity (Wildman–Crippen MR) is 110 cm³/mol. The minimum absolute atomic E-state index is 0.0894. The van der Waals surface area contributed by atoms with Crippen molar-refractivity contribution in [2.24, 2.45) is 5.92 Å². The van der Waals surface area contributed by atoms with Crippen LogP contribution in [0.2, 0.25) is 0 Å². The topological polar surface area (TPSA) is 102 Å². The second-order valence-electron chi connectivity index (χ2n) is 6.10. The van der Waals surface area contributed by atoms with Gasteiger partial charge in [-0.2, -0.15) is 0 Å². The van der Waals surface area contributed by atoms with Gasteiger partial charge >= 0.3 is 0 Å². The molecule has 2 rings (SSSR count). The van der Waals surface area contributed by atoms with Crippen molar-refractivity contribution in [3.8, 4) is 11.5 Å². The van der Waals surface area contributed by atoms with E-state index >= 15 is 0 Å². The maximum atomic E-state index is 12.0. The highest BCUT2D eigenvalue weighted by Crippen LogP contribution is 2.28. The molecule has 0 saturated carbocycles. The third-order valence-corrected chi connectivity index (χ3v) is 5.64. The van der Waals surface area contributed by atoms with Gasteiger partial charge in [-0.15, -0.1) is 10.2 Å². The van der Waals surface area contributed by atoms with Gasteiger partial charge in [0.15, 0.2) is 15.8 Å². The Morgan fingerprint density at radius 3 is 2.61 bits per heavy atom. The lowest BCUT2D eigenvalue weighted by Gasteiger charge is -2.10. The standard InChI is InChI=1S/C18H24N4O4S2/c1-11(2)16(24)20-17-21-22-18(28-17)27-10-15(23)19-8-7-12-5-6-13(25-3)14(9-12)26-4/h5-6,9,11H,7-8,10H2,1-4H3,(H,19,23)(H,20,21,24). The van der Waals surface area contributed by atoms with E-state index < -0.39 is 0 Å². The van der Waals surface area contributed by atoms with Crippen LogP contribution in [0.5, 0.6) is 11.5 Å². The molecule has 0 atom stereocenters. The van der Waals surface area contributed by atoms with Crippen molar-refractivity contribution in [1.82, 2.24) is 15.5 Å². The second-order valence-corrected chi connectivity index (χ2v) is 8.30. The van der Waals surface area contributed by atoms with Crippen molar-refractivity contribution in [2.45, 2.75) is 24.6 Å². The first kappa shape index (κ1) is 22.0. The number of anilines is 1. The predicted octanol–water partition coefficient (Wildman–Crippen LogP) is 2.60. The third-order valence-electron chi connectivity index (χ3n) is 3.67. The minimum Gasteiger partial charge on any atom is -0.493 e. The molecule has 28 heavy (non-hydrogen) atoms. The maximum absolute atomic E-state index is 12.0. The normalized spacial score (nSPS) is 10.6. The zero-order valence-electron chi connectivity index (χ0n) is 16.3. The summed E-state index contributed by atoms with van der Waals surface area (Å²) in [6, 6.07) is 5.68. The number of thioether (sulfide) groups is 1. The molecule has 1 aromatic heterocycles. The lowest BCUT2D eigenvalue weighted by Crippen LogP contribution is -2.27. The number of carbonyl (C=O) groups excluding carboxylic acids is 2. The van der Waals surface area contributed by atoms with E-state index in [4.69, 9.17) is 9.47 Å². The van der Waals surface area contributed by atoms with E-state index in [1.54, 1.807) is 28.1 Å². The summed E-state index contributed by atoms with van der Waals surface area (Å²) in [5.74, 6) is 1.25. The summed E-state index contributed by atoms with van der Waals surface area (Å²) < 4.78 is 11.1. The number of benzene rings is 1. The molecule has 0 unspecified atom stereocenters. The molecular formula is C18H24N4O4S2. The molecule has 8 nitrogen and oxygen atoms in total. The largest absolute Gasteiger partial charge is 0.493 e. The van der Waals surface area contributed by atoms with Gasteiger partial charge in [0.05, 0.1) is 20.0 Å². The number of carbonyl (C=O) groups is 2. The van der Waals surface area contributed by atoms with Crippen LogP contribution in [0, 0.1) is 5.92 Å². The molecule has 1 aromatic carbocycles. The number of amides is 2. The Hall–Kier alpha value is -2.33. The number of hydrogen-bond acceptors (Lipinski definition) is 8. The Labute approximate surface area is 172 Å². The minimum atomic E-state index is -0.128. The summed E-state index contributed by atoms with van der Waals surface area (Å²) in [5.41, 5.74) is 1.04. The Kier molecular flexibility index (Phi) is 8.52. The molecule has 0 spiro atoms. The van der Waals surface area contributed by atoms with E-state index in [0.717, 1.165) is 5.56 Å². The van der Waals surface area contributed by atoms with E-state index in [1.807, 2.05) is 18.2 Å². The van der Waals surface area contributed by atoms with Gasteiger partial charge in [0.1, 0.15) is 0 Å². The number of rotatable bonds is 10. The Balaban J connectivity index is 1.73. The number of hydrogen-bond donors (Lipinski definition) is 2. The first-order chi connectivity index (χ1) is 13.4. The first-order valence-electron chi connectivity index (χ1n) is 8.67. The van der Waals surface area contributed by atoms with E-state index in [1.165, 1.54) is 23.1 Å². The van der Waals surface area contributed by atoms with Crippen LogP contribution in [-0.4, -0.2) is 48.5 Å². The molecule has 1 heterocycles. The smallest absolute Gasteiger partial charge is 0.230 e. The Bertz CT molecular complexity index is 811. The zero-order chi connectivity index (χ0) is 20.5. The van der Waals surface area contributed by atoms with Crippen LogP contribution in [0.1, 0.15) is 19.4 Å². The average Bonchev–Trinajstić information content (AvgIpc) is 3.13. The summed E-state index contributed by atoms with van der Waals surface area (Å²) in [5, 5.41) is 13.9. The summed E-state index contributed by atoms with van der Waals surface area (Å²) >= 11 is 2.54. The fraction of sp³-hybridized carbons (Fsp3) is 0.444. The van der Waals surface area contributed by atoms with Crippen molar-refractivity contribution in [3.05, 3.63) is 23.8 Å². The van der Waals surface area contributed by atoms with Gasteiger partial charge in [-0.25, -0.2) is 0 Å². The van der Waals surface area contributed by atoms with Crippen LogP contribution in [0.3, 0.4) is 0 Å². The van der Waals surface area contributed by atoms with Crippen LogP contribution < -0.4 is 20.1 Å². The van der Waals surface area contributed by atoms with Crippen molar-refractivity contribution in [2.75, 3.05) is 31.8 Å². The van der Waals surface area contributed by atoms with Crippen molar-refractivity contribution in [1.29, 1.82) is 0 Å². The SMILES string of the molecule is COc1ccc(CCNC(=O)CSc2nnc(NC(=O)C(C)C)s2)cc1OC. The average molecular weight is 425 g/mol. The molecule has 152 valence electrons. The van der Waals surface area contributed by atoms with Gasteiger partial charge in [-0.3, -0.25) is 9.59 Å². The van der Waals surface area contributed by atoms with Gasteiger partial charge in [0, 0.05) is 12.5 Å². The molecule has 0 aliphatic rings. The summed E-state index contributed by atoms with van der Waals surface area (Å²) in [4.78, 5) is 23.7. The van der Waals surface area contributed by atoms with Gasteiger partial charge < -0.3 is 20.1 Å². The van der Waals surface area contributed by atoms with E-state index in [9.17, 15) is 9.59 Å². The lowest BCUT2D eigenvalue weighted by atomic mass is 10.1. The van der Waals surface area contributed by atoms with Crippen molar-refractivity contribution in [3.63, 3.8) is 0 Å². The highest BCUT2D eigenvalue weighted by molar-refractivity contribution is 8.01. The van der Waals surface area contributed by atoms with Crippen LogP contribution in [0.25, 0.3) is 0 Å². The maximum Gasteiger partial charge on any atom is 0.230 e. The first-order valence-corrected chi connectivity index (χ1v) is 10.5. The molecule has 0 saturated heterocycles. The highest BCUT2D eigenvalue weighted by atomic mass is 32.2. The monoisotopic (exact) mass is 424 g/mol. The molecule has 2 amide bonds. The number of methoxy groups -OCH3 is 2. The van der Waals surface area contributed by atoms with Gasteiger partial charge in [-0.1, -0.05) is 43.0 Å². The number of aromatic nitrogens is 2. The van der Waals surface area contributed by atoms with E-state index in [0.29, 0.717) is 33.9 Å². The Morgan fingerprint density at radius 2 is 1.93 bits per heavy atom. The van der Waals surface area contributed by atoms with Crippen LogP contribution in [-0.2, 0) is 16.0 Å². The van der Waals surface area contributed by atoms with Crippen LogP contribution in [0.15, 0.2) is 22.5 Å². The number of nitrogens with one attached hydrogen (secondary N) is 2. The molecule has 2 aromatic rings. The molecule has 0 aliphatic carbocycles. The van der Waals surface area contributed by atoms with Crippen molar-refractivity contribution < 1.29 is 19.1 Å². The van der Waals surface area contributed by atoms with Crippen molar-refractivity contribution >= 4 is 40.0 Å². The fourth-order valence-electron chi connectivity index (χ4n) is 2.13. The van der Waals surface area contributed by atoms with Gasteiger partial charge in [0.25, 0.3) is 0 Å². The molecule has 10 heteroatoms. The fourth-order valence-corrected chi connectivity index (χ4v) is 3.71. The zero-order valence-corrected chi connectivity index (χ0v) is 17.9. The number of ether oxygens (including phenoxy) is 2. The molecule has 2 N–H and O–H groups in total. The van der Waals surface area contributed by atoms with E-state index in [-0.39, 0.29) is 23.5 Å². The molecule has 0 radical (unpaired) electrons.